The van der Waals surface area contributed by atoms with Crippen LogP contribution in [0.1, 0.15) is 22.3 Å². The maximum absolute atomic E-state index is 13.4. The number of carbonyl (C=O) groups is 2. The van der Waals surface area contributed by atoms with E-state index in [0.29, 0.717) is 53.6 Å². The minimum atomic E-state index is -0.928. The lowest BCUT2D eigenvalue weighted by molar-refractivity contribution is -0.0446. The first kappa shape index (κ1) is 20.1. The third kappa shape index (κ3) is 3.49. The predicted octanol–water partition coefficient (Wildman–Crippen LogP) is 3.70. The predicted molar refractivity (Wildman–Crippen MR) is 116 cm³/mol. The van der Waals surface area contributed by atoms with Gasteiger partial charge < -0.3 is 14.9 Å². The Balaban J connectivity index is 1.45. The summed E-state index contributed by atoms with van der Waals surface area (Å²) in [4.78, 5) is 28.1. The maximum Gasteiger partial charge on any atom is 0.407 e. The zero-order valence-corrected chi connectivity index (χ0v) is 17.9. The van der Waals surface area contributed by atoms with Gasteiger partial charge in [-0.25, -0.2) is 4.79 Å². The molecule has 0 radical (unpaired) electrons. The van der Waals surface area contributed by atoms with Crippen molar-refractivity contribution in [2.24, 2.45) is 5.41 Å². The Morgan fingerprint density at radius 1 is 1.16 bits per heavy atom. The molecule has 2 unspecified atom stereocenters. The number of aromatic amines is 1. The molecule has 2 aliphatic heterocycles. The Morgan fingerprint density at radius 3 is 2.65 bits per heavy atom. The number of carboxylic acid groups (broad SMARTS) is 1. The molecule has 3 aromatic rings. The van der Waals surface area contributed by atoms with E-state index >= 15 is 0 Å². The molecule has 10 heteroatoms. The molecule has 0 saturated carbocycles. The van der Waals surface area contributed by atoms with Crippen LogP contribution >= 0.6 is 23.2 Å². The van der Waals surface area contributed by atoms with Crippen LogP contribution in [0.2, 0.25) is 10.0 Å². The van der Waals surface area contributed by atoms with Gasteiger partial charge in [-0.15, -0.1) is 5.10 Å². The molecule has 2 saturated heterocycles. The Morgan fingerprint density at radius 2 is 1.94 bits per heavy atom. The molecule has 160 valence electrons. The zero-order valence-electron chi connectivity index (χ0n) is 16.4. The number of benzene rings is 2. The molecular formula is C21H19Cl2N5O3. The molecule has 2 amide bonds. The molecule has 2 atom stereocenters. The molecule has 2 aliphatic rings. The van der Waals surface area contributed by atoms with E-state index < -0.39 is 6.09 Å². The molecule has 2 N–H and O–H groups in total. The second kappa shape index (κ2) is 7.39. The fourth-order valence-corrected chi connectivity index (χ4v) is 5.44. The summed E-state index contributed by atoms with van der Waals surface area (Å²) < 4.78 is 0. The van der Waals surface area contributed by atoms with Crippen LogP contribution in [0.25, 0.3) is 11.0 Å². The summed E-state index contributed by atoms with van der Waals surface area (Å²) in [6, 6.07) is 10.4. The van der Waals surface area contributed by atoms with Gasteiger partial charge in [0.05, 0.1) is 5.52 Å². The standard InChI is InChI=1S/C21H19Cl2N5O3/c22-14-5-12(6-15(23)9-14)7-18-21(3-4-27(10-21)20(30)31)11-28(18)19(29)13-1-2-16-17(8-13)25-26-24-16/h1-2,5-6,8-9,18H,3-4,7,10-11H2,(H,30,31)(H,24,25,26). The van der Waals surface area contributed by atoms with Gasteiger partial charge in [0.2, 0.25) is 0 Å². The van der Waals surface area contributed by atoms with E-state index in [1.54, 1.807) is 24.3 Å². The Hall–Kier alpha value is -2.84. The number of H-pyrrole nitrogens is 1. The number of amides is 2. The molecule has 8 nitrogen and oxygen atoms in total. The van der Waals surface area contributed by atoms with Crippen LogP contribution in [0.4, 0.5) is 4.79 Å². The first-order chi connectivity index (χ1) is 14.8. The number of hydrogen-bond donors (Lipinski definition) is 2. The van der Waals surface area contributed by atoms with Crippen molar-refractivity contribution in [3.8, 4) is 0 Å². The topological polar surface area (TPSA) is 102 Å². The summed E-state index contributed by atoms with van der Waals surface area (Å²) in [5, 5.41) is 21.0. The minimum Gasteiger partial charge on any atom is -0.465 e. The van der Waals surface area contributed by atoms with Gasteiger partial charge >= 0.3 is 6.09 Å². The highest BCUT2D eigenvalue weighted by Crippen LogP contribution is 2.47. The van der Waals surface area contributed by atoms with Crippen molar-refractivity contribution in [1.29, 1.82) is 0 Å². The van der Waals surface area contributed by atoms with Gasteiger partial charge in [-0.05, 0) is 54.8 Å². The van der Waals surface area contributed by atoms with Crippen LogP contribution < -0.4 is 0 Å². The van der Waals surface area contributed by atoms with Crippen molar-refractivity contribution in [2.75, 3.05) is 19.6 Å². The molecule has 3 heterocycles. The van der Waals surface area contributed by atoms with Crippen molar-refractivity contribution in [3.05, 3.63) is 57.6 Å². The normalized spacial score (nSPS) is 22.8. The van der Waals surface area contributed by atoms with E-state index in [1.165, 1.54) is 4.90 Å². The molecule has 0 bridgehead atoms. The quantitative estimate of drug-likeness (QED) is 0.621. The summed E-state index contributed by atoms with van der Waals surface area (Å²) in [6.07, 6.45) is 0.332. The molecule has 1 aromatic heterocycles. The van der Waals surface area contributed by atoms with Crippen molar-refractivity contribution >= 4 is 46.2 Å². The summed E-state index contributed by atoms with van der Waals surface area (Å²) in [5.74, 6) is -0.109. The Bertz CT molecular complexity index is 1180. The number of fused-ring (bicyclic) bond motifs is 1. The lowest BCUT2D eigenvalue weighted by Crippen LogP contribution is -2.68. The lowest BCUT2D eigenvalue weighted by Gasteiger charge is -2.56. The molecule has 0 aliphatic carbocycles. The Labute approximate surface area is 187 Å². The molecule has 2 aromatic carbocycles. The fraction of sp³-hybridized carbons (Fsp3) is 0.333. The Kier molecular flexibility index (Phi) is 4.79. The zero-order chi connectivity index (χ0) is 21.8. The highest BCUT2D eigenvalue weighted by Gasteiger charge is 2.57. The van der Waals surface area contributed by atoms with Crippen LogP contribution in [0.5, 0.6) is 0 Å². The number of hydrogen-bond acceptors (Lipinski definition) is 4. The summed E-state index contributed by atoms with van der Waals surface area (Å²) in [6.45, 7) is 1.38. The lowest BCUT2D eigenvalue weighted by atomic mass is 9.68. The third-order valence-corrected chi connectivity index (χ3v) is 6.85. The SMILES string of the molecule is O=C(O)N1CCC2(C1)CN(C(=O)c1ccc3[nH]nnc3c1)C2Cc1cc(Cl)cc(Cl)c1. The first-order valence-corrected chi connectivity index (χ1v) is 10.6. The second-order valence-corrected chi connectivity index (χ2v) is 9.16. The van der Waals surface area contributed by atoms with Gasteiger partial charge in [-0.3, -0.25) is 9.89 Å². The number of carbonyl (C=O) groups excluding carboxylic acids is 1. The first-order valence-electron chi connectivity index (χ1n) is 9.89. The van der Waals surface area contributed by atoms with Crippen LogP contribution in [0.3, 0.4) is 0 Å². The highest BCUT2D eigenvalue weighted by molar-refractivity contribution is 6.34. The average molecular weight is 460 g/mol. The van der Waals surface area contributed by atoms with Crippen molar-refractivity contribution in [1.82, 2.24) is 25.2 Å². The maximum atomic E-state index is 13.4. The smallest absolute Gasteiger partial charge is 0.407 e. The highest BCUT2D eigenvalue weighted by atomic mass is 35.5. The number of aromatic nitrogens is 3. The number of rotatable bonds is 3. The summed E-state index contributed by atoms with van der Waals surface area (Å²) >= 11 is 12.4. The largest absolute Gasteiger partial charge is 0.465 e. The van der Waals surface area contributed by atoms with Gasteiger partial charge in [0.25, 0.3) is 5.91 Å². The second-order valence-electron chi connectivity index (χ2n) is 8.29. The van der Waals surface area contributed by atoms with E-state index in [2.05, 4.69) is 15.4 Å². The number of likely N-dealkylation sites (tertiary alicyclic amines) is 2. The van der Waals surface area contributed by atoms with Crippen LogP contribution in [0, 0.1) is 5.41 Å². The van der Waals surface area contributed by atoms with E-state index in [9.17, 15) is 14.7 Å². The number of nitrogens with zero attached hydrogens (tertiary/aromatic N) is 4. The van der Waals surface area contributed by atoms with Gasteiger partial charge in [0, 0.05) is 46.7 Å². The third-order valence-electron chi connectivity index (χ3n) is 6.41. The summed E-state index contributed by atoms with van der Waals surface area (Å²) in [7, 11) is 0. The van der Waals surface area contributed by atoms with E-state index in [4.69, 9.17) is 23.2 Å². The minimum absolute atomic E-state index is 0.109. The number of halogens is 2. The molecule has 2 fully saturated rings. The molecule has 1 spiro atoms. The fourth-order valence-electron chi connectivity index (χ4n) is 4.87. The van der Waals surface area contributed by atoms with Gasteiger partial charge in [0.15, 0.2) is 0 Å². The molecule has 5 rings (SSSR count). The van der Waals surface area contributed by atoms with Gasteiger partial charge in [0.1, 0.15) is 5.52 Å². The van der Waals surface area contributed by atoms with E-state index in [-0.39, 0.29) is 17.4 Å². The number of nitrogens with one attached hydrogen (secondary N) is 1. The van der Waals surface area contributed by atoms with E-state index in [0.717, 1.165) is 11.1 Å². The van der Waals surface area contributed by atoms with Crippen LogP contribution in [-0.4, -0.2) is 68.0 Å². The molecular weight excluding hydrogens is 441 g/mol. The van der Waals surface area contributed by atoms with E-state index in [1.807, 2.05) is 17.0 Å². The van der Waals surface area contributed by atoms with Crippen LogP contribution in [-0.2, 0) is 6.42 Å². The van der Waals surface area contributed by atoms with Crippen molar-refractivity contribution < 1.29 is 14.7 Å². The van der Waals surface area contributed by atoms with Gasteiger partial charge in [-0.1, -0.05) is 28.4 Å². The van der Waals surface area contributed by atoms with Gasteiger partial charge in [-0.2, -0.15) is 0 Å². The van der Waals surface area contributed by atoms with Crippen LogP contribution in [0.15, 0.2) is 36.4 Å². The molecule has 31 heavy (non-hydrogen) atoms. The average Bonchev–Trinajstić information content (AvgIpc) is 3.37. The van der Waals surface area contributed by atoms with Crippen molar-refractivity contribution in [2.45, 2.75) is 18.9 Å². The van der Waals surface area contributed by atoms with Crippen molar-refractivity contribution in [3.63, 3.8) is 0 Å². The monoisotopic (exact) mass is 459 g/mol. The summed E-state index contributed by atoms with van der Waals surface area (Å²) in [5.41, 5.74) is 2.55.